The van der Waals surface area contributed by atoms with Crippen molar-refractivity contribution >= 4 is 11.6 Å². The van der Waals surface area contributed by atoms with Crippen LogP contribution in [0.3, 0.4) is 0 Å². The Bertz CT molecular complexity index is 671. The molecule has 0 fully saturated rings. The van der Waals surface area contributed by atoms with Crippen molar-refractivity contribution in [1.82, 2.24) is 5.32 Å². The molecule has 0 saturated heterocycles. The van der Waals surface area contributed by atoms with Gasteiger partial charge in [0.2, 0.25) is 5.91 Å². The smallest absolute Gasteiger partial charge is 0.222 e. The van der Waals surface area contributed by atoms with E-state index in [9.17, 15) is 14.3 Å². The number of carbonyl (C=O) groups excluding carboxylic acids is 1. The molecule has 1 atom stereocenters. The minimum atomic E-state index is -1.000. The average Bonchev–Trinajstić information content (AvgIpc) is 2.55. The van der Waals surface area contributed by atoms with E-state index in [0.29, 0.717) is 12.1 Å². The number of carbonyl (C=O) groups is 1. The van der Waals surface area contributed by atoms with Crippen LogP contribution in [-0.2, 0) is 11.2 Å². The molecule has 0 spiro atoms. The molecular formula is C19H23FN2O2. The first-order valence-electron chi connectivity index (χ1n) is 7.92. The number of benzene rings is 2. The number of amides is 1. The van der Waals surface area contributed by atoms with E-state index in [1.165, 1.54) is 18.2 Å². The number of nitrogens with one attached hydrogen (secondary N) is 1. The van der Waals surface area contributed by atoms with Crippen LogP contribution in [0.5, 0.6) is 0 Å². The van der Waals surface area contributed by atoms with Gasteiger partial charge in [-0.15, -0.1) is 0 Å². The quantitative estimate of drug-likeness (QED) is 0.821. The molecule has 2 aromatic rings. The zero-order valence-electron chi connectivity index (χ0n) is 14.0. The first-order valence-corrected chi connectivity index (χ1v) is 7.92. The lowest BCUT2D eigenvalue weighted by Gasteiger charge is -2.13. The molecule has 0 bridgehead atoms. The maximum atomic E-state index is 13.1. The fourth-order valence-corrected chi connectivity index (χ4v) is 2.39. The lowest BCUT2D eigenvalue weighted by molar-refractivity contribution is -0.123. The minimum Gasteiger partial charge on any atom is -0.388 e. The Hall–Kier alpha value is -2.40. The Labute approximate surface area is 141 Å². The Morgan fingerprint density at radius 2 is 1.92 bits per heavy atom. The molecule has 1 amide bonds. The summed E-state index contributed by atoms with van der Waals surface area (Å²) in [4.78, 5) is 13.9. The minimum absolute atomic E-state index is 0.0803. The molecule has 128 valence electrons. The third-order valence-corrected chi connectivity index (χ3v) is 3.80. The van der Waals surface area contributed by atoms with Gasteiger partial charge in [0.15, 0.2) is 0 Å². The first kappa shape index (κ1) is 17.9. The second-order valence-corrected chi connectivity index (χ2v) is 5.94. The molecule has 5 heteroatoms. The largest absolute Gasteiger partial charge is 0.388 e. The van der Waals surface area contributed by atoms with Crippen LogP contribution in [0.25, 0.3) is 0 Å². The second-order valence-electron chi connectivity index (χ2n) is 5.94. The first-order chi connectivity index (χ1) is 11.5. The van der Waals surface area contributed by atoms with Gasteiger partial charge in [-0.2, -0.15) is 0 Å². The van der Waals surface area contributed by atoms with Crippen LogP contribution in [0.15, 0.2) is 48.5 Å². The Morgan fingerprint density at radius 1 is 1.21 bits per heavy atom. The van der Waals surface area contributed by atoms with E-state index >= 15 is 0 Å². The number of halogens is 1. The molecule has 0 aromatic heterocycles. The molecule has 1 unspecified atom stereocenters. The summed E-state index contributed by atoms with van der Waals surface area (Å²) >= 11 is 0. The van der Waals surface area contributed by atoms with Crippen molar-refractivity contribution in [1.29, 1.82) is 0 Å². The summed E-state index contributed by atoms with van der Waals surface area (Å²) in [5, 5.41) is 12.8. The fraction of sp³-hybridized carbons (Fsp3) is 0.316. The molecule has 0 aliphatic rings. The maximum absolute atomic E-state index is 13.1. The van der Waals surface area contributed by atoms with Gasteiger partial charge < -0.3 is 15.3 Å². The number of nitrogens with zero attached hydrogens (tertiary/aromatic N) is 1. The Morgan fingerprint density at radius 3 is 2.54 bits per heavy atom. The van der Waals surface area contributed by atoms with E-state index < -0.39 is 11.9 Å². The lowest BCUT2D eigenvalue weighted by atomic mass is 10.1. The SMILES string of the molecule is CN(C)c1ccc(CCNC(=O)CC(O)c2cccc(F)c2)cc1. The van der Waals surface area contributed by atoms with Crippen LogP contribution in [0.4, 0.5) is 10.1 Å². The fourth-order valence-electron chi connectivity index (χ4n) is 2.39. The second kappa shape index (κ2) is 8.45. The third kappa shape index (κ3) is 5.35. The molecule has 0 heterocycles. The van der Waals surface area contributed by atoms with Gasteiger partial charge in [0.25, 0.3) is 0 Å². The van der Waals surface area contributed by atoms with Gasteiger partial charge in [-0.05, 0) is 41.8 Å². The number of hydrogen-bond acceptors (Lipinski definition) is 3. The number of anilines is 1. The van der Waals surface area contributed by atoms with E-state index in [0.717, 1.165) is 17.7 Å². The Balaban J connectivity index is 1.76. The predicted molar refractivity (Wildman–Crippen MR) is 93.5 cm³/mol. The summed E-state index contributed by atoms with van der Waals surface area (Å²) < 4.78 is 13.1. The predicted octanol–water partition coefficient (Wildman–Crippen LogP) is 2.67. The van der Waals surface area contributed by atoms with Crippen LogP contribution in [-0.4, -0.2) is 31.7 Å². The van der Waals surface area contributed by atoms with Crippen molar-refractivity contribution in [3.63, 3.8) is 0 Å². The van der Waals surface area contributed by atoms with E-state index in [4.69, 9.17) is 0 Å². The molecule has 0 aliphatic heterocycles. The van der Waals surface area contributed by atoms with E-state index in [2.05, 4.69) is 5.32 Å². The molecule has 0 saturated carbocycles. The highest BCUT2D eigenvalue weighted by Crippen LogP contribution is 2.17. The molecule has 24 heavy (non-hydrogen) atoms. The van der Waals surface area contributed by atoms with Gasteiger partial charge in [-0.25, -0.2) is 4.39 Å². The summed E-state index contributed by atoms with van der Waals surface area (Å²) in [5.41, 5.74) is 2.66. The van der Waals surface area contributed by atoms with Gasteiger partial charge in [0.05, 0.1) is 12.5 Å². The van der Waals surface area contributed by atoms with Crippen molar-refractivity contribution in [2.45, 2.75) is 18.9 Å². The Kier molecular flexibility index (Phi) is 6.32. The van der Waals surface area contributed by atoms with Crippen molar-refractivity contribution in [2.75, 3.05) is 25.5 Å². The molecule has 0 aliphatic carbocycles. The third-order valence-electron chi connectivity index (χ3n) is 3.80. The van der Waals surface area contributed by atoms with Crippen LogP contribution < -0.4 is 10.2 Å². The summed E-state index contributed by atoms with van der Waals surface area (Å²) in [6.45, 7) is 0.496. The maximum Gasteiger partial charge on any atom is 0.222 e. The molecule has 2 aromatic carbocycles. The summed E-state index contributed by atoms with van der Waals surface area (Å²) in [7, 11) is 3.97. The van der Waals surface area contributed by atoms with E-state index in [1.54, 1.807) is 6.07 Å². The van der Waals surface area contributed by atoms with Crippen molar-refractivity contribution in [2.24, 2.45) is 0 Å². The van der Waals surface area contributed by atoms with Crippen LogP contribution in [0.2, 0.25) is 0 Å². The zero-order valence-corrected chi connectivity index (χ0v) is 14.0. The van der Waals surface area contributed by atoms with Crippen molar-refractivity contribution in [3.8, 4) is 0 Å². The van der Waals surface area contributed by atoms with Gasteiger partial charge in [0, 0.05) is 26.3 Å². The highest BCUT2D eigenvalue weighted by Gasteiger charge is 2.13. The molecule has 4 nitrogen and oxygen atoms in total. The number of rotatable bonds is 7. The summed E-state index contributed by atoms with van der Waals surface area (Å²) in [6, 6.07) is 13.8. The highest BCUT2D eigenvalue weighted by molar-refractivity contribution is 5.76. The molecule has 0 radical (unpaired) electrons. The highest BCUT2D eigenvalue weighted by atomic mass is 19.1. The normalized spacial score (nSPS) is 11.8. The van der Waals surface area contributed by atoms with Gasteiger partial charge >= 0.3 is 0 Å². The van der Waals surface area contributed by atoms with Gasteiger partial charge in [-0.3, -0.25) is 4.79 Å². The van der Waals surface area contributed by atoms with E-state index in [1.807, 2.05) is 43.3 Å². The topological polar surface area (TPSA) is 52.6 Å². The van der Waals surface area contributed by atoms with Crippen LogP contribution >= 0.6 is 0 Å². The molecular weight excluding hydrogens is 307 g/mol. The molecule has 2 rings (SSSR count). The van der Waals surface area contributed by atoms with Crippen LogP contribution in [0.1, 0.15) is 23.7 Å². The average molecular weight is 330 g/mol. The van der Waals surface area contributed by atoms with Gasteiger partial charge in [-0.1, -0.05) is 24.3 Å². The van der Waals surface area contributed by atoms with Crippen molar-refractivity contribution in [3.05, 3.63) is 65.5 Å². The van der Waals surface area contributed by atoms with Gasteiger partial charge in [0.1, 0.15) is 5.82 Å². The van der Waals surface area contributed by atoms with Crippen LogP contribution in [0, 0.1) is 5.82 Å². The number of aliphatic hydroxyl groups excluding tert-OH is 1. The zero-order chi connectivity index (χ0) is 17.5. The monoisotopic (exact) mass is 330 g/mol. The molecule has 2 N–H and O–H groups in total. The van der Waals surface area contributed by atoms with E-state index in [-0.39, 0.29) is 12.3 Å². The standard InChI is InChI=1S/C19H23FN2O2/c1-22(2)17-8-6-14(7-9-17)10-11-21-19(24)13-18(23)15-4-3-5-16(20)12-15/h3-9,12,18,23H,10-11,13H2,1-2H3,(H,21,24). The van der Waals surface area contributed by atoms with Crippen molar-refractivity contribution < 1.29 is 14.3 Å². The lowest BCUT2D eigenvalue weighted by Crippen LogP contribution is -2.27. The number of hydrogen-bond donors (Lipinski definition) is 2. The number of aliphatic hydroxyl groups is 1. The summed E-state index contributed by atoms with van der Waals surface area (Å²) in [6.07, 6.45) is -0.363. The summed E-state index contributed by atoms with van der Waals surface area (Å²) in [5.74, 6) is -0.676.